The summed E-state index contributed by atoms with van der Waals surface area (Å²) >= 11 is 0. The minimum atomic E-state index is -4.48. The van der Waals surface area contributed by atoms with Gasteiger partial charge in [-0.15, -0.1) is 10.2 Å². The van der Waals surface area contributed by atoms with Crippen LogP contribution < -0.4 is 10.5 Å². The Bertz CT molecular complexity index is 967. The number of anilines is 1. The van der Waals surface area contributed by atoms with Gasteiger partial charge in [-0.1, -0.05) is 18.2 Å². The molecule has 134 valence electrons. The molecule has 2 aromatic heterocycles. The Morgan fingerprint density at radius 2 is 2.04 bits per heavy atom. The van der Waals surface area contributed by atoms with Gasteiger partial charge >= 0.3 is 12.1 Å². The van der Waals surface area contributed by atoms with Crippen LogP contribution in [0.4, 0.5) is 24.8 Å². The molecule has 1 amide bonds. The summed E-state index contributed by atoms with van der Waals surface area (Å²) in [5.74, 6) is -0.543. The number of nitrogens with two attached hydrogens (primary N) is 1. The number of H-pyrrole nitrogens is 1. The molecule has 0 aliphatic carbocycles. The number of pyridine rings is 1. The first-order valence-corrected chi connectivity index (χ1v) is 7.32. The fourth-order valence-electron chi connectivity index (χ4n) is 2.26. The lowest BCUT2D eigenvalue weighted by atomic mass is 10.2. The first-order valence-electron chi connectivity index (χ1n) is 7.32. The molecule has 2 heterocycles. The molecule has 3 rings (SSSR count). The molecule has 0 bridgehead atoms. The van der Waals surface area contributed by atoms with Crippen molar-refractivity contribution in [3.05, 3.63) is 48.3 Å². The third-order valence-corrected chi connectivity index (χ3v) is 3.32. The van der Waals surface area contributed by atoms with Gasteiger partial charge < -0.3 is 15.5 Å². The normalized spacial score (nSPS) is 12.0. The summed E-state index contributed by atoms with van der Waals surface area (Å²) in [6.07, 6.45) is -3.04. The van der Waals surface area contributed by atoms with Gasteiger partial charge in [0.1, 0.15) is 17.3 Å². The minimum absolute atomic E-state index is 0.0499. The number of aromatic nitrogens is 2. The zero-order chi connectivity index (χ0) is 18.7. The first-order chi connectivity index (χ1) is 12.3. The number of nitrogens with zero attached hydrogens (tertiary/aromatic N) is 3. The van der Waals surface area contributed by atoms with Crippen LogP contribution in [-0.4, -0.2) is 28.7 Å². The van der Waals surface area contributed by atoms with Crippen LogP contribution in [0.1, 0.15) is 10.5 Å². The molecule has 0 aliphatic rings. The lowest BCUT2D eigenvalue weighted by Crippen LogP contribution is -2.19. The number of carbonyl (C=O) groups excluding carboxylic acids is 1. The van der Waals surface area contributed by atoms with Crippen LogP contribution in [0, 0.1) is 0 Å². The Labute approximate surface area is 144 Å². The van der Waals surface area contributed by atoms with Gasteiger partial charge in [-0.05, 0) is 18.2 Å². The van der Waals surface area contributed by atoms with E-state index in [1.165, 1.54) is 24.4 Å². The van der Waals surface area contributed by atoms with E-state index < -0.39 is 18.7 Å². The fourth-order valence-corrected chi connectivity index (χ4v) is 2.26. The summed E-state index contributed by atoms with van der Waals surface area (Å²) in [5.41, 5.74) is 5.92. The Morgan fingerprint density at radius 3 is 2.73 bits per heavy atom. The molecule has 0 unspecified atom stereocenters. The number of benzene rings is 1. The second-order valence-corrected chi connectivity index (χ2v) is 5.19. The molecule has 0 saturated heterocycles. The quantitative estimate of drug-likeness (QED) is 0.683. The van der Waals surface area contributed by atoms with Gasteiger partial charge in [0.25, 0.3) is 0 Å². The highest BCUT2D eigenvalue weighted by Crippen LogP contribution is 2.37. The number of aromatic amines is 1. The number of nitrogens with one attached hydrogen (secondary N) is 1. The molecule has 0 aliphatic heterocycles. The molecule has 1 aromatic carbocycles. The molecule has 0 radical (unpaired) electrons. The Hall–Kier alpha value is -3.43. The predicted octanol–water partition coefficient (Wildman–Crippen LogP) is 4.01. The van der Waals surface area contributed by atoms with Crippen LogP contribution >= 0.6 is 0 Å². The number of hydrogen-bond acceptors (Lipinski definition) is 5. The topological polar surface area (TPSA) is 106 Å². The monoisotopic (exact) mass is 363 g/mol. The van der Waals surface area contributed by atoms with Gasteiger partial charge in [0.2, 0.25) is 0 Å². The van der Waals surface area contributed by atoms with Crippen LogP contribution in [0.5, 0.6) is 5.75 Å². The van der Waals surface area contributed by atoms with Crippen molar-refractivity contribution in [1.82, 2.24) is 9.97 Å². The highest BCUT2D eigenvalue weighted by molar-refractivity contribution is 6.04. The second kappa shape index (κ2) is 6.82. The number of alkyl halides is 3. The average Bonchev–Trinajstić information content (AvgIpc) is 2.95. The van der Waals surface area contributed by atoms with Crippen LogP contribution in [0.3, 0.4) is 0 Å². The Morgan fingerprint density at radius 1 is 1.23 bits per heavy atom. The van der Waals surface area contributed by atoms with Gasteiger partial charge in [0.05, 0.1) is 5.39 Å². The highest BCUT2D eigenvalue weighted by Gasteiger charge is 2.29. The number of halogens is 3. The number of carbonyl (C=O) groups is 1. The summed E-state index contributed by atoms with van der Waals surface area (Å²) in [7, 11) is 0. The SMILES string of the molecule is Nc1[nH]c(N=NC(=O)c2ccccn2)c2cccc(OCC(F)(F)F)c12. The summed E-state index contributed by atoms with van der Waals surface area (Å²) in [6.45, 7) is -1.45. The standard InChI is InChI=1S/C16H12F3N5O2/c17-16(18,19)8-26-11-6-3-4-9-12(11)13(20)22-14(9)23-24-15(25)10-5-1-2-7-21-10/h1-7,22H,8,20H2. The molecule has 0 saturated carbocycles. The maximum atomic E-state index is 12.4. The van der Waals surface area contributed by atoms with Crippen LogP contribution in [-0.2, 0) is 0 Å². The van der Waals surface area contributed by atoms with E-state index in [9.17, 15) is 18.0 Å². The lowest BCUT2D eigenvalue weighted by molar-refractivity contribution is -0.153. The van der Waals surface area contributed by atoms with Crippen LogP contribution in [0.2, 0.25) is 0 Å². The van der Waals surface area contributed by atoms with Crippen molar-refractivity contribution in [3.63, 3.8) is 0 Å². The highest BCUT2D eigenvalue weighted by atomic mass is 19.4. The number of ether oxygens (including phenoxy) is 1. The summed E-state index contributed by atoms with van der Waals surface area (Å²) in [6, 6.07) is 9.17. The van der Waals surface area contributed by atoms with E-state index in [2.05, 4.69) is 20.2 Å². The van der Waals surface area contributed by atoms with Crippen molar-refractivity contribution in [2.75, 3.05) is 12.3 Å². The molecule has 0 atom stereocenters. The van der Waals surface area contributed by atoms with Gasteiger partial charge in [-0.25, -0.2) is 0 Å². The molecule has 0 fully saturated rings. The molecular formula is C16H12F3N5O2. The second-order valence-electron chi connectivity index (χ2n) is 5.19. The van der Waals surface area contributed by atoms with Crippen LogP contribution in [0.15, 0.2) is 52.8 Å². The van der Waals surface area contributed by atoms with E-state index in [1.807, 2.05) is 0 Å². The largest absolute Gasteiger partial charge is 0.483 e. The maximum Gasteiger partial charge on any atom is 0.422 e. The molecule has 0 spiro atoms. The van der Waals surface area contributed by atoms with E-state index >= 15 is 0 Å². The van der Waals surface area contributed by atoms with Crippen molar-refractivity contribution in [2.24, 2.45) is 10.2 Å². The molecule has 7 nitrogen and oxygen atoms in total. The molecular weight excluding hydrogens is 351 g/mol. The van der Waals surface area contributed by atoms with Crippen molar-refractivity contribution < 1.29 is 22.7 Å². The van der Waals surface area contributed by atoms with E-state index in [4.69, 9.17) is 10.5 Å². The smallest absolute Gasteiger partial charge is 0.422 e. The molecule has 10 heteroatoms. The van der Waals surface area contributed by atoms with Crippen molar-refractivity contribution in [1.29, 1.82) is 0 Å². The number of rotatable bonds is 4. The number of amides is 1. The summed E-state index contributed by atoms with van der Waals surface area (Å²) in [5, 5.41) is 7.97. The molecule has 3 aromatic rings. The van der Waals surface area contributed by atoms with E-state index in [0.717, 1.165) is 0 Å². The fraction of sp³-hybridized carbons (Fsp3) is 0.125. The minimum Gasteiger partial charge on any atom is -0.483 e. The lowest BCUT2D eigenvalue weighted by Gasteiger charge is -2.10. The Kier molecular flexibility index (Phi) is 4.57. The van der Waals surface area contributed by atoms with Crippen molar-refractivity contribution in [3.8, 4) is 5.75 Å². The Balaban J connectivity index is 1.91. The van der Waals surface area contributed by atoms with Gasteiger partial charge in [0.15, 0.2) is 12.4 Å². The molecule has 3 N–H and O–H groups in total. The zero-order valence-corrected chi connectivity index (χ0v) is 13.1. The first kappa shape index (κ1) is 17.4. The van der Waals surface area contributed by atoms with E-state index in [1.54, 1.807) is 18.2 Å². The van der Waals surface area contributed by atoms with Crippen molar-refractivity contribution >= 4 is 28.3 Å². The number of fused-ring (bicyclic) bond motifs is 1. The third kappa shape index (κ3) is 3.79. The number of azo groups is 1. The molecule has 26 heavy (non-hydrogen) atoms. The van der Waals surface area contributed by atoms with E-state index in [0.29, 0.717) is 5.39 Å². The zero-order valence-electron chi connectivity index (χ0n) is 13.1. The van der Waals surface area contributed by atoms with Gasteiger partial charge in [-0.2, -0.15) is 13.2 Å². The number of nitrogen functional groups attached to an aromatic ring is 1. The predicted molar refractivity (Wildman–Crippen MR) is 87.3 cm³/mol. The summed E-state index contributed by atoms with van der Waals surface area (Å²) in [4.78, 5) is 18.5. The van der Waals surface area contributed by atoms with Gasteiger partial charge in [0, 0.05) is 11.6 Å². The maximum absolute atomic E-state index is 12.4. The number of hydrogen-bond donors (Lipinski definition) is 2. The van der Waals surface area contributed by atoms with Crippen LogP contribution in [0.25, 0.3) is 10.8 Å². The van der Waals surface area contributed by atoms with E-state index in [-0.39, 0.29) is 28.5 Å². The average molecular weight is 363 g/mol. The van der Waals surface area contributed by atoms with Crippen molar-refractivity contribution in [2.45, 2.75) is 6.18 Å². The third-order valence-electron chi connectivity index (χ3n) is 3.32. The van der Waals surface area contributed by atoms with Gasteiger partial charge in [-0.3, -0.25) is 9.78 Å². The summed E-state index contributed by atoms with van der Waals surface area (Å²) < 4.78 is 41.9.